The highest BCUT2D eigenvalue weighted by Crippen LogP contribution is 2.42. The predicted molar refractivity (Wildman–Crippen MR) is 111 cm³/mol. The summed E-state index contributed by atoms with van der Waals surface area (Å²) in [5.41, 5.74) is 0.655. The summed E-state index contributed by atoms with van der Waals surface area (Å²) in [6, 6.07) is 13.6. The van der Waals surface area contributed by atoms with E-state index in [-0.39, 0.29) is 30.1 Å². The number of hydrogen-bond acceptors (Lipinski definition) is 6. The maximum Gasteiger partial charge on any atom is 0.366 e. The zero-order valence-electron chi connectivity index (χ0n) is 16.4. The van der Waals surface area contributed by atoms with Crippen molar-refractivity contribution in [2.24, 2.45) is 0 Å². The van der Waals surface area contributed by atoms with Gasteiger partial charge in [-0.25, -0.2) is 4.79 Å². The second kappa shape index (κ2) is 10.2. The molecule has 28 heavy (non-hydrogen) atoms. The summed E-state index contributed by atoms with van der Waals surface area (Å²) >= 11 is 1.30. The Morgan fingerprint density at radius 1 is 1.07 bits per heavy atom. The Hall–Kier alpha value is -2.47. The third-order valence-corrected chi connectivity index (χ3v) is 5.56. The number of rotatable bonds is 10. The van der Waals surface area contributed by atoms with E-state index in [1.807, 2.05) is 25.1 Å². The lowest BCUT2D eigenvalue weighted by Gasteiger charge is -2.32. The molecule has 0 aliphatic carbocycles. The molecule has 0 aliphatic rings. The second-order valence-electron chi connectivity index (χ2n) is 6.11. The summed E-state index contributed by atoms with van der Waals surface area (Å²) in [6.07, 6.45) is 1.10. The fourth-order valence-electron chi connectivity index (χ4n) is 2.68. The number of ketones is 1. The first kappa shape index (κ1) is 21.8. The lowest BCUT2D eigenvalue weighted by atomic mass is 10.0. The van der Waals surface area contributed by atoms with Crippen molar-refractivity contribution < 1.29 is 24.2 Å². The molecule has 0 fully saturated rings. The van der Waals surface area contributed by atoms with Crippen molar-refractivity contribution in [1.29, 1.82) is 0 Å². The summed E-state index contributed by atoms with van der Waals surface area (Å²) in [4.78, 5) is 23.6. The van der Waals surface area contributed by atoms with Crippen LogP contribution < -0.4 is 4.74 Å². The van der Waals surface area contributed by atoms with Gasteiger partial charge in [0.25, 0.3) is 4.93 Å². The van der Waals surface area contributed by atoms with E-state index in [0.717, 1.165) is 6.42 Å². The number of Topliss-reactive ketones (excluding diaryl/α,β-unsaturated/α-hetero) is 1. The van der Waals surface area contributed by atoms with E-state index in [0.29, 0.717) is 17.1 Å². The topological polar surface area (TPSA) is 72.8 Å². The van der Waals surface area contributed by atoms with Crippen molar-refractivity contribution in [3.8, 4) is 11.5 Å². The molecular weight excluding hydrogens is 376 g/mol. The van der Waals surface area contributed by atoms with E-state index in [1.165, 1.54) is 23.9 Å². The van der Waals surface area contributed by atoms with Crippen LogP contribution in [0, 0.1) is 0 Å². The van der Waals surface area contributed by atoms with Crippen LogP contribution in [0.2, 0.25) is 0 Å². The van der Waals surface area contributed by atoms with Crippen molar-refractivity contribution in [2.45, 2.75) is 38.5 Å². The van der Waals surface area contributed by atoms with Gasteiger partial charge in [-0.2, -0.15) is 0 Å². The standard InChI is InChI=1S/C22H26O5S/c1-4-14-28-22(21(25)26-6-3,27-17-10-8-7-9-11-17)16-12-13-18(19(23)5-2)20(24)15-16/h7-13,15,24H,4-6,14H2,1-3H3. The lowest BCUT2D eigenvalue weighted by Crippen LogP contribution is -2.40. The molecule has 0 saturated heterocycles. The highest BCUT2D eigenvalue weighted by molar-refractivity contribution is 8.00. The molecule has 0 bridgehead atoms. The number of carbonyl (C=O) groups is 2. The minimum atomic E-state index is -1.49. The van der Waals surface area contributed by atoms with Crippen molar-refractivity contribution in [1.82, 2.24) is 0 Å². The molecule has 150 valence electrons. The smallest absolute Gasteiger partial charge is 0.366 e. The molecule has 5 nitrogen and oxygen atoms in total. The molecule has 0 aliphatic heterocycles. The average Bonchev–Trinajstić information content (AvgIpc) is 2.71. The van der Waals surface area contributed by atoms with E-state index in [2.05, 4.69) is 0 Å². The largest absolute Gasteiger partial charge is 0.507 e. The van der Waals surface area contributed by atoms with Gasteiger partial charge in [0.15, 0.2) is 5.78 Å². The zero-order chi connectivity index (χ0) is 20.6. The van der Waals surface area contributed by atoms with E-state index >= 15 is 0 Å². The van der Waals surface area contributed by atoms with E-state index in [9.17, 15) is 14.7 Å². The van der Waals surface area contributed by atoms with Gasteiger partial charge in [-0.1, -0.05) is 49.9 Å². The van der Waals surface area contributed by atoms with Crippen LogP contribution in [0.5, 0.6) is 11.5 Å². The Bertz CT molecular complexity index is 806. The first-order valence-electron chi connectivity index (χ1n) is 9.40. The van der Waals surface area contributed by atoms with Crippen LogP contribution in [-0.2, 0) is 14.5 Å². The summed E-state index contributed by atoms with van der Waals surface area (Å²) in [5.74, 6) is 0.253. The molecule has 0 aromatic heterocycles. The minimum absolute atomic E-state index is 0.170. The van der Waals surface area contributed by atoms with Crippen LogP contribution in [-0.4, -0.2) is 29.2 Å². The normalized spacial score (nSPS) is 12.8. The molecule has 1 atom stereocenters. The number of phenols is 1. The van der Waals surface area contributed by atoms with Crippen LogP contribution in [0.25, 0.3) is 0 Å². The lowest BCUT2D eigenvalue weighted by molar-refractivity contribution is -0.154. The Balaban J connectivity index is 2.58. The monoisotopic (exact) mass is 402 g/mol. The third kappa shape index (κ3) is 4.87. The second-order valence-corrected chi connectivity index (χ2v) is 7.38. The van der Waals surface area contributed by atoms with E-state index in [1.54, 1.807) is 32.0 Å². The first-order valence-corrected chi connectivity index (χ1v) is 10.4. The van der Waals surface area contributed by atoms with Crippen molar-refractivity contribution in [2.75, 3.05) is 12.4 Å². The van der Waals surface area contributed by atoms with Crippen molar-refractivity contribution in [3.05, 3.63) is 59.7 Å². The highest BCUT2D eigenvalue weighted by atomic mass is 32.2. The number of ether oxygens (including phenoxy) is 2. The van der Waals surface area contributed by atoms with Gasteiger partial charge in [0, 0.05) is 12.0 Å². The van der Waals surface area contributed by atoms with Gasteiger partial charge in [-0.05, 0) is 43.4 Å². The van der Waals surface area contributed by atoms with Gasteiger partial charge in [0.2, 0.25) is 0 Å². The number of carbonyl (C=O) groups excluding carboxylic acids is 2. The predicted octanol–water partition coefficient (Wildman–Crippen LogP) is 4.92. The summed E-state index contributed by atoms with van der Waals surface area (Å²) < 4.78 is 11.5. The van der Waals surface area contributed by atoms with E-state index < -0.39 is 10.9 Å². The molecule has 2 aromatic carbocycles. The number of thioether (sulfide) groups is 1. The first-order chi connectivity index (χ1) is 13.5. The van der Waals surface area contributed by atoms with Crippen LogP contribution in [0.1, 0.15) is 49.5 Å². The molecule has 0 radical (unpaired) electrons. The molecule has 6 heteroatoms. The molecule has 1 N–H and O–H groups in total. The Morgan fingerprint density at radius 3 is 2.36 bits per heavy atom. The number of aromatic hydroxyl groups is 1. The highest BCUT2D eigenvalue weighted by Gasteiger charge is 2.45. The number of para-hydroxylation sites is 1. The molecular formula is C22H26O5S. The van der Waals surface area contributed by atoms with Gasteiger partial charge in [0.05, 0.1) is 12.2 Å². The molecule has 0 saturated carbocycles. The van der Waals surface area contributed by atoms with Gasteiger partial charge >= 0.3 is 5.97 Å². The number of benzene rings is 2. The zero-order valence-corrected chi connectivity index (χ0v) is 17.3. The number of esters is 1. The van der Waals surface area contributed by atoms with Crippen molar-refractivity contribution in [3.63, 3.8) is 0 Å². The quantitative estimate of drug-likeness (QED) is 0.345. The molecule has 2 rings (SSSR count). The molecule has 1 unspecified atom stereocenters. The van der Waals surface area contributed by atoms with Gasteiger partial charge in [-0.15, -0.1) is 0 Å². The fraction of sp³-hybridized carbons (Fsp3) is 0.364. The summed E-state index contributed by atoms with van der Waals surface area (Å²) in [7, 11) is 0. The number of hydrogen-bond donors (Lipinski definition) is 1. The van der Waals surface area contributed by atoms with Crippen LogP contribution in [0.15, 0.2) is 48.5 Å². The molecule has 0 spiro atoms. The van der Waals surface area contributed by atoms with E-state index in [4.69, 9.17) is 9.47 Å². The van der Waals surface area contributed by atoms with Crippen LogP contribution in [0.4, 0.5) is 0 Å². The van der Waals surface area contributed by atoms with Gasteiger partial charge in [-0.3, -0.25) is 4.79 Å². The van der Waals surface area contributed by atoms with Crippen LogP contribution in [0.3, 0.4) is 0 Å². The molecule has 0 heterocycles. The summed E-state index contributed by atoms with van der Waals surface area (Å²) in [6.45, 7) is 5.67. The summed E-state index contributed by atoms with van der Waals surface area (Å²) in [5, 5.41) is 10.4. The van der Waals surface area contributed by atoms with Crippen molar-refractivity contribution >= 4 is 23.5 Å². The van der Waals surface area contributed by atoms with Gasteiger partial charge in [0.1, 0.15) is 11.5 Å². The average molecular weight is 403 g/mol. The molecule has 0 amide bonds. The van der Waals surface area contributed by atoms with Gasteiger partial charge < -0.3 is 14.6 Å². The minimum Gasteiger partial charge on any atom is -0.507 e. The maximum atomic E-state index is 13.0. The SMILES string of the molecule is CCCSC(Oc1ccccc1)(C(=O)OCC)c1ccc(C(=O)CC)c(O)c1. The molecule has 2 aromatic rings. The number of phenolic OH excluding ortho intramolecular Hbond substituents is 1. The van der Waals surface area contributed by atoms with Crippen LogP contribution >= 0.6 is 11.8 Å². The third-order valence-electron chi connectivity index (χ3n) is 4.06. The Morgan fingerprint density at radius 2 is 1.79 bits per heavy atom. The fourth-order valence-corrected chi connectivity index (χ4v) is 3.80. The Kier molecular flexibility index (Phi) is 7.93. The Labute approximate surface area is 170 Å². The maximum absolute atomic E-state index is 13.0.